The van der Waals surface area contributed by atoms with Gasteiger partial charge >= 0.3 is 0 Å². The number of hydrogen-bond acceptors (Lipinski definition) is 4. The van der Waals surface area contributed by atoms with Gasteiger partial charge in [0, 0.05) is 33.6 Å². The summed E-state index contributed by atoms with van der Waals surface area (Å²) in [6.07, 6.45) is 4.52. The van der Waals surface area contributed by atoms with Crippen molar-refractivity contribution in [3.63, 3.8) is 0 Å². The van der Waals surface area contributed by atoms with Crippen molar-refractivity contribution >= 4 is 27.7 Å². The maximum atomic E-state index is 5.63. The monoisotopic (exact) mass is 337 g/mol. The average Bonchev–Trinajstić information content (AvgIpc) is 2.44. The zero-order chi connectivity index (χ0) is 13.5. The first-order chi connectivity index (χ1) is 9.28. The number of rotatable bonds is 6. The summed E-state index contributed by atoms with van der Waals surface area (Å²) in [5.41, 5.74) is 4.13. The minimum absolute atomic E-state index is 0.242. The molecule has 1 aromatic carbocycles. The zero-order valence-electron chi connectivity index (χ0n) is 10.4. The van der Waals surface area contributed by atoms with Crippen LogP contribution < -0.4 is 11.3 Å². The normalized spacial score (nSPS) is 12.3. The molecule has 0 aliphatic rings. The van der Waals surface area contributed by atoms with E-state index in [-0.39, 0.29) is 6.04 Å². The Kier molecular flexibility index (Phi) is 5.85. The number of hydrogen-bond donors (Lipinski definition) is 2. The standard InChI is InChI=1S/C14H16BrN3S/c15-12-2-1-3-14(9-12)19-10-13(18-16)8-11-4-6-17-7-5-11/h1-7,9,13,18H,8,10,16H2. The molecule has 3 N–H and O–H groups in total. The van der Waals surface area contributed by atoms with Crippen LogP contribution in [0.3, 0.4) is 0 Å². The molecule has 1 unspecified atom stereocenters. The SMILES string of the molecule is NNC(CSc1cccc(Br)c1)Cc1ccncc1. The second-order valence-electron chi connectivity index (χ2n) is 4.19. The lowest BCUT2D eigenvalue weighted by molar-refractivity contribution is 0.575. The minimum atomic E-state index is 0.242. The highest BCUT2D eigenvalue weighted by Crippen LogP contribution is 2.23. The van der Waals surface area contributed by atoms with E-state index >= 15 is 0 Å². The zero-order valence-corrected chi connectivity index (χ0v) is 12.8. The molecule has 0 saturated heterocycles. The quantitative estimate of drug-likeness (QED) is 0.483. The van der Waals surface area contributed by atoms with E-state index in [4.69, 9.17) is 5.84 Å². The number of pyridine rings is 1. The third kappa shape index (κ3) is 4.95. The second-order valence-corrected chi connectivity index (χ2v) is 6.20. The Morgan fingerprint density at radius 1 is 1.26 bits per heavy atom. The Balaban J connectivity index is 1.89. The van der Waals surface area contributed by atoms with Crippen LogP contribution in [0.25, 0.3) is 0 Å². The van der Waals surface area contributed by atoms with Crippen LogP contribution in [0.1, 0.15) is 5.56 Å². The van der Waals surface area contributed by atoms with Gasteiger partial charge in [-0.25, -0.2) is 0 Å². The van der Waals surface area contributed by atoms with Crippen LogP contribution in [-0.4, -0.2) is 16.8 Å². The van der Waals surface area contributed by atoms with Crippen molar-refractivity contribution in [3.8, 4) is 0 Å². The smallest absolute Gasteiger partial charge is 0.0344 e. The minimum Gasteiger partial charge on any atom is -0.271 e. The van der Waals surface area contributed by atoms with Gasteiger partial charge in [0.2, 0.25) is 0 Å². The largest absolute Gasteiger partial charge is 0.271 e. The van der Waals surface area contributed by atoms with Gasteiger partial charge in [0.1, 0.15) is 0 Å². The lowest BCUT2D eigenvalue weighted by Gasteiger charge is -2.15. The number of benzene rings is 1. The first-order valence-electron chi connectivity index (χ1n) is 6.01. The molecule has 1 atom stereocenters. The average molecular weight is 338 g/mol. The molecule has 1 aromatic heterocycles. The summed E-state index contributed by atoms with van der Waals surface area (Å²) < 4.78 is 1.10. The topological polar surface area (TPSA) is 50.9 Å². The molecule has 2 rings (SSSR count). The van der Waals surface area contributed by atoms with Gasteiger partial charge in [0.15, 0.2) is 0 Å². The van der Waals surface area contributed by atoms with Gasteiger partial charge in [-0.05, 0) is 42.3 Å². The Morgan fingerprint density at radius 3 is 2.74 bits per heavy atom. The van der Waals surface area contributed by atoms with Crippen LogP contribution >= 0.6 is 27.7 Å². The molecule has 1 heterocycles. The molecule has 19 heavy (non-hydrogen) atoms. The van der Waals surface area contributed by atoms with Crippen molar-refractivity contribution in [2.24, 2.45) is 5.84 Å². The van der Waals surface area contributed by atoms with E-state index in [2.05, 4.69) is 38.5 Å². The number of nitrogens with zero attached hydrogens (tertiary/aromatic N) is 1. The lowest BCUT2D eigenvalue weighted by Crippen LogP contribution is -2.38. The Bertz CT molecular complexity index is 507. The second kappa shape index (κ2) is 7.65. The van der Waals surface area contributed by atoms with Gasteiger partial charge in [0.05, 0.1) is 0 Å². The molecule has 100 valence electrons. The highest BCUT2D eigenvalue weighted by atomic mass is 79.9. The molecule has 3 nitrogen and oxygen atoms in total. The van der Waals surface area contributed by atoms with Crippen molar-refractivity contribution < 1.29 is 0 Å². The molecule has 0 amide bonds. The maximum Gasteiger partial charge on any atom is 0.0344 e. The molecule has 0 radical (unpaired) electrons. The van der Waals surface area contributed by atoms with Gasteiger partial charge in [-0.2, -0.15) is 0 Å². The summed E-state index contributed by atoms with van der Waals surface area (Å²) in [5.74, 6) is 6.55. The third-order valence-corrected chi connectivity index (χ3v) is 4.36. The number of halogens is 1. The molecule has 5 heteroatoms. The van der Waals surface area contributed by atoms with Crippen LogP contribution in [-0.2, 0) is 6.42 Å². The molecular formula is C14H16BrN3S. The van der Waals surface area contributed by atoms with E-state index in [9.17, 15) is 0 Å². The fourth-order valence-electron chi connectivity index (χ4n) is 1.72. The summed E-state index contributed by atoms with van der Waals surface area (Å²) in [6, 6.07) is 12.6. The summed E-state index contributed by atoms with van der Waals surface area (Å²) in [6.45, 7) is 0. The highest BCUT2D eigenvalue weighted by Gasteiger charge is 2.08. The van der Waals surface area contributed by atoms with E-state index in [1.807, 2.05) is 36.7 Å². The number of thioether (sulfide) groups is 1. The summed E-state index contributed by atoms with van der Waals surface area (Å²) in [5, 5.41) is 0. The number of nitrogens with one attached hydrogen (secondary N) is 1. The van der Waals surface area contributed by atoms with Crippen LogP contribution in [0, 0.1) is 0 Å². The lowest BCUT2D eigenvalue weighted by atomic mass is 10.1. The molecule has 0 aliphatic carbocycles. The van der Waals surface area contributed by atoms with Crippen LogP contribution in [0.4, 0.5) is 0 Å². The van der Waals surface area contributed by atoms with Gasteiger partial charge in [-0.15, -0.1) is 11.8 Å². The van der Waals surface area contributed by atoms with E-state index in [1.165, 1.54) is 10.5 Å². The predicted molar refractivity (Wildman–Crippen MR) is 83.9 cm³/mol. The predicted octanol–water partition coefficient (Wildman–Crippen LogP) is 3.01. The van der Waals surface area contributed by atoms with E-state index in [0.29, 0.717) is 0 Å². The maximum absolute atomic E-state index is 5.63. The molecule has 0 aliphatic heterocycles. The van der Waals surface area contributed by atoms with E-state index in [0.717, 1.165) is 16.6 Å². The molecule has 0 saturated carbocycles. The van der Waals surface area contributed by atoms with Crippen molar-refractivity contribution in [1.29, 1.82) is 0 Å². The summed E-state index contributed by atoms with van der Waals surface area (Å²) in [7, 11) is 0. The first kappa shape index (κ1) is 14.5. The number of hydrazine groups is 1. The van der Waals surface area contributed by atoms with Gasteiger partial charge in [-0.3, -0.25) is 16.3 Å². The Morgan fingerprint density at radius 2 is 2.05 bits per heavy atom. The van der Waals surface area contributed by atoms with E-state index < -0.39 is 0 Å². The molecule has 0 spiro atoms. The fraction of sp³-hybridized carbons (Fsp3) is 0.214. The van der Waals surface area contributed by atoms with Crippen molar-refractivity contribution in [1.82, 2.24) is 10.4 Å². The molecule has 0 bridgehead atoms. The summed E-state index contributed by atoms with van der Waals surface area (Å²) in [4.78, 5) is 5.26. The van der Waals surface area contributed by atoms with Crippen molar-refractivity contribution in [3.05, 3.63) is 58.8 Å². The van der Waals surface area contributed by atoms with Gasteiger partial charge in [-0.1, -0.05) is 22.0 Å². The van der Waals surface area contributed by atoms with Crippen LogP contribution in [0.5, 0.6) is 0 Å². The Hall–Kier alpha value is -0.880. The molecular weight excluding hydrogens is 322 g/mol. The van der Waals surface area contributed by atoms with E-state index in [1.54, 1.807) is 11.8 Å². The molecule has 2 aromatic rings. The number of nitrogens with two attached hydrogens (primary N) is 1. The van der Waals surface area contributed by atoms with Crippen LogP contribution in [0.15, 0.2) is 58.2 Å². The highest BCUT2D eigenvalue weighted by molar-refractivity contribution is 9.10. The molecule has 0 fully saturated rings. The number of aromatic nitrogens is 1. The van der Waals surface area contributed by atoms with Gasteiger partial charge < -0.3 is 0 Å². The van der Waals surface area contributed by atoms with Crippen molar-refractivity contribution in [2.75, 3.05) is 5.75 Å². The summed E-state index contributed by atoms with van der Waals surface area (Å²) >= 11 is 5.28. The van der Waals surface area contributed by atoms with Gasteiger partial charge in [0.25, 0.3) is 0 Å². The first-order valence-corrected chi connectivity index (χ1v) is 7.79. The Labute approximate surface area is 126 Å². The third-order valence-electron chi connectivity index (χ3n) is 2.71. The van der Waals surface area contributed by atoms with Crippen molar-refractivity contribution in [2.45, 2.75) is 17.4 Å². The van der Waals surface area contributed by atoms with Crippen LogP contribution in [0.2, 0.25) is 0 Å². The fourth-order valence-corrected chi connectivity index (χ4v) is 3.27.